The Labute approximate surface area is 104 Å². The largest absolute Gasteiger partial charge is 0.486 e. The van der Waals surface area contributed by atoms with E-state index in [-0.39, 0.29) is 29.6 Å². The van der Waals surface area contributed by atoms with Gasteiger partial charge in [-0.1, -0.05) is 0 Å². The molecule has 8 heteroatoms. The molecule has 1 aliphatic heterocycles. The zero-order valence-corrected chi connectivity index (χ0v) is 9.37. The van der Waals surface area contributed by atoms with Crippen molar-refractivity contribution in [2.24, 2.45) is 0 Å². The summed E-state index contributed by atoms with van der Waals surface area (Å²) in [6.45, 7) is -1.62. The highest BCUT2D eigenvalue weighted by Crippen LogP contribution is 2.38. The van der Waals surface area contributed by atoms with Crippen molar-refractivity contribution in [1.82, 2.24) is 0 Å². The van der Waals surface area contributed by atoms with Gasteiger partial charge >= 0.3 is 12.3 Å². The number of hydrogen-bond donors (Lipinski definition) is 0. The number of carbonyl (C=O) groups is 1. The smallest absolute Gasteiger partial charge is 0.340 e. The summed E-state index contributed by atoms with van der Waals surface area (Å²) in [5.41, 5.74) is -0.0886. The van der Waals surface area contributed by atoms with Crippen LogP contribution in [0.4, 0.5) is 17.6 Å². The molecule has 0 saturated heterocycles. The SMILES string of the molecule is O=Cc1cc2c(cc1OCC(F)(F)C(F)F)OCO2. The van der Waals surface area contributed by atoms with E-state index >= 15 is 0 Å². The van der Waals surface area contributed by atoms with Crippen molar-refractivity contribution in [2.75, 3.05) is 13.4 Å². The molecule has 0 aliphatic carbocycles. The van der Waals surface area contributed by atoms with E-state index in [4.69, 9.17) is 9.47 Å². The molecule has 0 aromatic heterocycles. The molecule has 0 fully saturated rings. The van der Waals surface area contributed by atoms with Crippen molar-refractivity contribution in [2.45, 2.75) is 12.3 Å². The standard InChI is InChI=1S/C11H8F4O4/c12-10(13)11(14,15)4-17-7-2-9-8(18-5-19-9)1-6(7)3-16/h1-3,10H,4-5H2. The molecule has 0 radical (unpaired) electrons. The Bertz CT molecular complexity index is 490. The molecule has 19 heavy (non-hydrogen) atoms. The monoisotopic (exact) mass is 280 g/mol. The van der Waals surface area contributed by atoms with Crippen LogP contribution in [0.3, 0.4) is 0 Å². The number of fused-ring (bicyclic) bond motifs is 1. The summed E-state index contributed by atoms with van der Waals surface area (Å²) in [4.78, 5) is 10.8. The summed E-state index contributed by atoms with van der Waals surface area (Å²) in [6.07, 6.45) is -3.50. The van der Waals surface area contributed by atoms with Crippen molar-refractivity contribution in [1.29, 1.82) is 0 Å². The van der Waals surface area contributed by atoms with Crippen molar-refractivity contribution < 1.29 is 36.6 Å². The van der Waals surface area contributed by atoms with Crippen LogP contribution in [0.1, 0.15) is 10.4 Å². The number of halogens is 4. The van der Waals surface area contributed by atoms with Crippen LogP contribution in [0.15, 0.2) is 12.1 Å². The first-order chi connectivity index (χ1) is 8.94. The Morgan fingerprint density at radius 1 is 1.32 bits per heavy atom. The Morgan fingerprint density at radius 3 is 2.53 bits per heavy atom. The minimum absolute atomic E-state index is 0.0791. The minimum atomic E-state index is -4.30. The molecule has 0 atom stereocenters. The Hall–Kier alpha value is -1.99. The number of aldehydes is 1. The van der Waals surface area contributed by atoms with Gasteiger partial charge in [-0.25, -0.2) is 8.78 Å². The van der Waals surface area contributed by atoms with Crippen molar-refractivity contribution in [3.05, 3.63) is 17.7 Å². The lowest BCUT2D eigenvalue weighted by molar-refractivity contribution is -0.148. The van der Waals surface area contributed by atoms with E-state index in [9.17, 15) is 22.4 Å². The molecule has 1 heterocycles. The zero-order chi connectivity index (χ0) is 14.0. The fraction of sp³-hybridized carbons (Fsp3) is 0.364. The van der Waals surface area contributed by atoms with E-state index in [0.29, 0.717) is 6.29 Å². The molecule has 0 spiro atoms. The van der Waals surface area contributed by atoms with Crippen LogP contribution >= 0.6 is 0 Å². The third kappa shape index (κ3) is 2.72. The quantitative estimate of drug-likeness (QED) is 0.614. The summed E-state index contributed by atoms with van der Waals surface area (Å²) in [5, 5.41) is 0. The second-order valence-electron chi connectivity index (χ2n) is 3.71. The molecular formula is C11H8F4O4. The van der Waals surface area contributed by atoms with Gasteiger partial charge < -0.3 is 14.2 Å². The molecule has 0 unspecified atom stereocenters. The van der Waals surface area contributed by atoms with Gasteiger partial charge in [-0.2, -0.15) is 8.78 Å². The summed E-state index contributed by atoms with van der Waals surface area (Å²) >= 11 is 0. The van der Waals surface area contributed by atoms with E-state index in [1.807, 2.05) is 0 Å². The minimum Gasteiger partial charge on any atom is -0.486 e. The maximum atomic E-state index is 12.7. The summed E-state index contributed by atoms with van der Waals surface area (Å²) in [5.74, 6) is -4.10. The summed E-state index contributed by atoms with van der Waals surface area (Å²) in [7, 11) is 0. The average Bonchev–Trinajstić information content (AvgIpc) is 2.81. The van der Waals surface area contributed by atoms with Gasteiger partial charge in [-0.3, -0.25) is 4.79 Å². The fourth-order valence-corrected chi connectivity index (χ4v) is 1.39. The van der Waals surface area contributed by atoms with Crippen molar-refractivity contribution in [3.8, 4) is 17.2 Å². The topological polar surface area (TPSA) is 44.8 Å². The van der Waals surface area contributed by atoms with Gasteiger partial charge in [0.1, 0.15) is 5.75 Å². The summed E-state index contributed by atoms with van der Waals surface area (Å²) in [6, 6.07) is 2.37. The Kier molecular flexibility index (Phi) is 3.50. The van der Waals surface area contributed by atoms with Crippen LogP contribution in [-0.4, -0.2) is 32.0 Å². The van der Waals surface area contributed by atoms with Crippen LogP contribution < -0.4 is 14.2 Å². The third-order valence-electron chi connectivity index (χ3n) is 2.37. The molecule has 0 N–H and O–H groups in total. The molecule has 1 aliphatic rings. The Balaban J connectivity index is 2.18. The number of ether oxygens (including phenoxy) is 3. The molecule has 4 nitrogen and oxygen atoms in total. The van der Waals surface area contributed by atoms with Crippen LogP contribution in [-0.2, 0) is 0 Å². The van der Waals surface area contributed by atoms with Gasteiger partial charge in [0.15, 0.2) is 24.4 Å². The van der Waals surface area contributed by atoms with Gasteiger partial charge in [0.25, 0.3) is 0 Å². The number of carbonyl (C=O) groups excluding carboxylic acids is 1. The lowest BCUT2D eigenvalue weighted by Gasteiger charge is -2.16. The molecule has 104 valence electrons. The normalized spacial score (nSPS) is 13.7. The summed E-state index contributed by atoms with van der Waals surface area (Å²) < 4.78 is 63.9. The molecule has 0 saturated carbocycles. The van der Waals surface area contributed by atoms with Gasteiger partial charge in [-0.05, 0) is 6.07 Å². The molecule has 0 amide bonds. The van der Waals surface area contributed by atoms with E-state index in [0.717, 1.165) is 6.07 Å². The highest BCUT2D eigenvalue weighted by atomic mass is 19.3. The van der Waals surface area contributed by atoms with Crippen LogP contribution in [0.25, 0.3) is 0 Å². The van der Waals surface area contributed by atoms with Gasteiger partial charge in [0.2, 0.25) is 6.79 Å². The predicted molar refractivity (Wildman–Crippen MR) is 54.4 cm³/mol. The number of benzene rings is 1. The van der Waals surface area contributed by atoms with Crippen LogP contribution in [0, 0.1) is 0 Å². The maximum Gasteiger partial charge on any atom is 0.340 e. The molecule has 1 aromatic rings. The van der Waals surface area contributed by atoms with E-state index < -0.39 is 19.0 Å². The predicted octanol–water partition coefficient (Wildman–Crippen LogP) is 2.51. The second-order valence-corrected chi connectivity index (χ2v) is 3.71. The highest BCUT2D eigenvalue weighted by Gasteiger charge is 2.42. The lowest BCUT2D eigenvalue weighted by atomic mass is 10.2. The van der Waals surface area contributed by atoms with Gasteiger partial charge in [0, 0.05) is 6.07 Å². The number of alkyl halides is 4. The third-order valence-corrected chi connectivity index (χ3v) is 2.37. The molecule has 1 aromatic carbocycles. The zero-order valence-electron chi connectivity index (χ0n) is 9.37. The van der Waals surface area contributed by atoms with E-state index in [2.05, 4.69) is 4.74 Å². The number of hydrogen-bond acceptors (Lipinski definition) is 4. The first-order valence-corrected chi connectivity index (χ1v) is 5.11. The Morgan fingerprint density at radius 2 is 1.95 bits per heavy atom. The van der Waals surface area contributed by atoms with Gasteiger partial charge in [0.05, 0.1) is 5.56 Å². The molecule has 0 bridgehead atoms. The fourth-order valence-electron chi connectivity index (χ4n) is 1.39. The molecule has 2 rings (SSSR count). The molecular weight excluding hydrogens is 272 g/mol. The maximum absolute atomic E-state index is 12.7. The van der Waals surface area contributed by atoms with Crippen molar-refractivity contribution in [3.63, 3.8) is 0 Å². The first-order valence-electron chi connectivity index (χ1n) is 5.11. The van der Waals surface area contributed by atoms with Gasteiger partial charge in [-0.15, -0.1) is 0 Å². The number of rotatable bonds is 5. The average molecular weight is 280 g/mol. The highest BCUT2D eigenvalue weighted by molar-refractivity contribution is 5.81. The van der Waals surface area contributed by atoms with Crippen molar-refractivity contribution >= 4 is 6.29 Å². The van der Waals surface area contributed by atoms with Crippen LogP contribution in [0.2, 0.25) is 0 Å². The van der Waals surface area contributed by atoms with E-state index in [1.165, 1.54) is 6.07 Å². The van der Waals surface area contributed by atoms with Crippen LogP contribution in [0.5, 0.6) is 17.2 Å². The van der Waals surface area contributed by atoms with E-state index in [1.54, 1.807) is 0 Å². The lowest BCUT2D eigenvalue weighted by Crippen LogP contribution is -2.33. The first kappa shape index (κ1) is 13.4. The second kappa shape index (κ2) is 4.94.